The van der Waals surface area contributed by atoms with Crippen LogP contribution >= 0.6 is 0 Å². The molecule has 7 nitrogen and oxygen atoms in total. The van der Waals surface area contributed by atoms with Gasteiger partial charge >= 0.3 is 5.97 Å². The summed E-state index contributed by atoms with van der Waals surface area (Å²) in [4.78, 5) is 12.4. The number of carbonyl (C=O) groups is 1. The van der Waals surface area contributed by atoms with Crippen molar-refractivity contribution in [1.82, 2.24) is 10.2 Å². The Morgan fingerprint density at radius 1 is 1.42 bits per heavy atom. The van der Waals surface area contributed by atoms with Crippen LogP contribution in [-0.2, 0) is 4.74 Å². The number of ether oxygens (including phenoxy) is 1. The lowest BCUT2D eigenvalue weighted by atomic mass is 9.94. The summed E-state index contributed by atoms with van der Waals surface area (Å²) in [6, 6.07) is 2.98. The molecule has 0 unspecified atom stereocenters. The number of likely N-dealkylation sites (N-methyl/N-ethyl adjacent to an activating group) is 1. The Balaban J connectivity index is 2.02. The average Bonchev–Trinajstić information content (AvgIpc) is 2.39. The van der Waals surface area contributed by atoms with Gasteiger partial charge in [-0.25, -0.2) is 4.79 Å². The van der Waals surface area contributed by atoms with Gasteiger partial charge in [0, 0.05) is 39.6 Å². The van der Waals surface area contributed by atoms with Gasteiger partial charge in [-0.3, -0.25) is 0 Å². The van der Waals surface area contributed by atoms with Crippen molar-refractivity contribution < 1.29 is 19.7 Å². The number of anilines is 1. The number of hydrogen-bond donors (Lipinski definition) is 2. The fraction of sp³-hybridized carbons (Fsp3) is 0.583. The smallest absolute Gasteiger partial charge is 0.356 e. The van der Waals surface area contributed by atoms with E-state index in [0.717, 1.165) is 0 Å². The van der Waals surface area contributed by atoms with E-state index < -0.39 is 11.6 Å². The number of rotatable bonds is 4. The lowest BCUT2D eigenvalue weighted by Crippen LogP contribution is -2.46. The fourth-order valence-electron chi connectivity index (χ4n) is 2.07. The molecule has 1 saturated heterocycles. The first-order valence-corrected chi connectivity index (χ1v) is 6.08. The summed E-state index contributed by atoms with van der Waals surface area (Å²) in [6.07, 6.45) is 1.16. The number of carboxylic acids is 1. The van der Waals surface area contributed by atoms with Crippen molar-refractivity contribution in [2.75, 3.05) is 31.7 Å². The van der Waals surface area contributed by atoms with Crippen LogP contribution in [-0.4, -0.2) is 58.8 Å². The molecule has 1 aliphatic rings. The Morgan fingerprint density at radius 3 is 2.63 bits per heavy atom. The minimum absolute atomic E-state index is 0.0954. The molecule has 0 radical (unpaired) electrons. The Labute approximate surface area is 110 Å². The van der Waals surface area contributed by atoms with Crippen LogP contribution in [0, 0.1) is 0 Å². The van der Waals surface area contributed by atoms with Gasteiger partial charge in [0.15, 0.2) is 11.5 Å². The Bertz CT molecular complexity index is 443. The highest BCUT2D eigenvalue weighted by Gasteiger charge is 2.31. The van der Waals surface area contributed by atoms with Gasteiger partial charge in [0.25, 0.3) is 0 Å². The predicted octanol–water partition coefficient (Wildman–Crippen LogP) is 0.152. The molecule has 0 atom stereocenters. The van der Waals surface area contributed by atoms with E-state index in [2.05, 4.69) is 10.2 Å². The molecular weight excluding hydrogens is 250 g/mol. The number of carboxylic acid groups (broad SMARTS) is 1. The van der Waals surface area contributed by atoms with Gasteiger partial charge in [-0.05, 0) is 12.1 Å². The summed E-state index contributed by atoms with van der Waals surface area (Å²) < 4.78 is 5.22. The molecule has 1 aromatic heterocycles. The first-order valence-electron chi connectivity index (χ1n) is 6.08. The number of hydrogen-bond acceptors (Lipinski definition) is 6. The second kappa shape index (κ2) is 5.50. The molecule has 0 spiro atoms. The summed E-state index contributed by atoms with van der Waals surface area (Å²) in [5.41, 5.74) is -0.887. The Kier molecular flexibility index (Phi) is 3.96. The molecule has 1 aromatic rings. The lowest BCUT2D eigenvalue weighted by molar-refractivity contribution is -0.0573. The van der Waals surface area contributed by atoms with Crippen LogP contribution in [0.15, 0.2) is 12.1 Å². The summed E-state index contributed by atoms with van der Waals surface area (Å²) in [5, 5.41) is 26.6. The predicted molar refractivity (Wildman–Crippen MR) is 67.3 cm³/mol. The summed E-state index contributed by atoms with van der Waals surface area (Å²) in [6.45, 7) is 1.51. The van der Waals surface area contributed by atoms with Crippen LogP contribution in [0.2, 0.25) is 0 Å². The molecule has 0 saturated carbocycles. The van der Waals surface area contributed by atoms with E-state index in [9.17, 15) is 9.90 Å². The molecule has 2 N–H and O–H groups in total. The molecule has 1 aliphatic heterocycles. The normalized spacial score (nSPS) is 18.0. The quantitative estimate of drug-likeness (QED) is 0.801. The number of aromatic nitrogens is 2. The van der Waals surface area contributed by atoms with Crippen LogP contribution in [0.1, 0.15) is 23.3 Å². The minimum atomic E-state index is -1.11. The van der Waals surface area contributed by atoms with Gasteiger partial charge in [-0.2, -0.15) is 0 Å². The summed E-state index contributed by atoms with van der Waals surface area (Å²) >= 11 is 0. The molecule has 0 aliphatic carbocycles. The van der Waals surface area contributed by atoms with Crippen molar-refractivity contribution in [2.24, 2.45) is 0 Å². The maximum absolute atomic E-state index is 10.7. The minimum Gasteiger partial charge on any atom is -0.476 e. The van der Waals surface area contributed by atoms with Crippen molar-refractivity contribution in [2.45, 2.75) is 18.4 Å². The van der Waals surface area contributed by atoms with E-state index in [0.29, 0.717) is 38.4 Å². The molecule has 0 bridgehead atoms. The molecule has 2 rings (SSSR count). The third kappa shape index (κ3) is 3.39. The van der Waals surface area contributed by atoms with Gasteiger partial charge in [0.2, 0.25) is 0 Å². The largest absolute Gasteiger partial charge is 0.476 e. The molecular formula is C12H17N3O4. The second-order valence-electron chi connectivity index (χ2n) is 4.77. The van der Waals surface area contributed by atoms with Gasteiger partial charge < -0.3 is 19.8 Å². The Hall–Kier alpha value is -1.73. The third-order valence-electron chi connectivity index (χ3n) is 3.22. The topological polar surface area (TPSA) is 95.8 Å². The monoisotopic (exact) mass is 267 g/mol. The van der Waals surface area contributed by atoms with Gasteiger partial charge in [-0.15, -0.1) is 10.2 Å². The van der Waals surface area contributed by atoms with Gasteiger partial charge in [-0.1, -0.05) is 0 Å². The Morgan fingerprint density at radius 2 is 2.11 bits per heavy atom. The molecule has 19 heavy (non-hydrogen) atoms. The zero-order valence-corrected chi connectivity index (χ0v) is 10.7. The van der Waals surface area contributed by atoms with E-state index >= 15 is 0 Å². The highest BCUT2D eigenvalue weighted by atomic mass is 16.5. The molecule has 2 heterocycles. The van der Waals surface area contributed by atoms with Crippen LogP contribution in [0.4, 0.5) is 5.82 Å². The number of aliphatic hydroxyl groups is 1. The average molecular weight is 267 g/mol. The van der Waals surface area contributed by atoms with Crippen LogP contribution < -0.4 is 4.90 Å². The standard InChI is InChI=1S/C12H17N3O4/c1-15(8-12(18)4-6-19-7-5-12)10-3-2-9(11(16)17)13-14-10/h2-3,18H,4-8H2,1H3,(H,16,17). The van der Waals surface area contributed by atoms with Gasteiger partial charge in [0.1, 0.15) is 0 Å². The van der Waals surface area contributed by atoms with E-state index in [1.54, 1.807) is 18.0 Å². The lowest BCUT2D eigenvalue weighted by Gasteiger charge is -2.35. The van der Waals surface area contributed by atoms with Crippen LogP contribution in [0.3, 0.4) is 0 Å². The molecule has 104 valence electrons. The highest BCUT2D eigenvalue weighted by molar-refractivity contribution is 5.85. The maximum Gasteiger partial charge on any atom is 0.356 e. The van der Waals surface area contributed by atoms with E-state index in [-0.39, 0.29) is 5.69 Å². The van der Waals surface area contributed by atoms with E-state index in [1.807, 2.05) is 0 Å². The molecule has 0 aromatic carbocycles. The van der Waals surface area contributed by atoms with Crippen molar-refractivity contribution in [3.05, 3.63) is 17.8 Å². The summed E-state index contributed by atoms with van der Waals surface area (Å²) in [5.74, 6) is -0.574. The molecule has 1 fully saturated rings. The van der Waals surface area contributed by atoms with Crippen molar-refractivity contribution in [3.63, 3.8) is 0 Å². The second-order valence-corrected chi connectivity index (χ2v) is 4.77. The first kappa shape index (κ1) is 13.7. The first-order chi connectivity index (χ1) is 9.00. The maximum atomic E-state index is 10.7. The van der Waals surface area contributed by atoms with Gasteiger partial charge in [0.05, 0.1) is 5.60 Å². The van der Waals surface area contributed by atoms with Crippen molar-refractivity contribution >= 4 is 11.8 Å². The van der Waals surface area contributed by atoms with E-state index in [4.69, 9.17) is 9.84 Å². The molecule has 7 heteroatoms. The highest BCUT2D eigenvalue weighted by Crippen LogP contribution is 2.23. The van der Waals surface area contributed by atoms with Crippen molar-refractivity contribution in [3.8, 4) is 0 Å². The van der Waals surface area contributed by atoms with E-state index in [1.165, 1.54) is 6.07 Å². The number of nitrogens with zero attached hydrogens (tertiary/aromatic N) is 3. The third-order valence-corrected chi connectivity index (χ3v) is 3.22. The SMILES string of the molecule is CN(CC1(O)CCOCC1)c1ccc(C(=O)O)nn1. The summed E-state index contributed by atoms with van der Waals surface area (Å²) in [7, 11) is 1.79. The fourth-order valence-corrected chi connectivity index (χ4v) is 2.07. The molecule has 0 amide bonds. The zero-order chi connectivity index (χ0) is 13.9. The van der Waals surface area contributed by atoms with Crippen LogP contribution in [0.5, 0.6) is 0 Å². The van der Waals surface area contributed by atoms with Crippen LogP contribution in [0.25, 0.3) is 0 Å². The number of aromatic carboxylic acids is 1. The van der Waals surface area contributed by atoms with Crippen molar-refractivity contribution in [1.29, 1.82) is 0 Å². The zero-order valence-electron chi connectivity index (χ0n) is 10.7.